The van der Waals surface area contributed by atoms with E-state index in [1.807, 2.05) is 4.40 Å². The Balaban J connectivity index is 1.90. The van der Waals surface area contributed by atoms with Crippen LogP contribution in [-0.4, -0.2) is 30.5 Å². The van der Waals surface area contributed by atoms with Crippen LogP contribution in [0.3, 0.4) is 0 Å². The highest BCUT2D eigenvalue weighted by atomic mass is 16.1. The van der Waals surface area contributed by atoms with Gasteiger partial charge in [-0.15, -0.1) is 0 Å². The molecule has 2 N–H and O–H groups in total. The summed E-state index contributed by atoms with van der Waals surface area (Å²) in [7, 11) is 0. The first-order valence-electron chi connectivity index (χ1n) is 4.91. The van der Waals surface area contributed by atoms with Gasteiger partial charge in [-0.25, -0.2) is 10.1 Å². The van der Waals surface area contributed by atoms with Crippen molar-refractivity contribution < 1.29 is 4.79 Å². The molecular weight excluding hydrogens is 220 g/mol. The molecule has 0 radical (unpaired) electrons. The zero-order valence-corrected chi connectivity index (χ0v) is 8.66. The van der Waals surface area contributed by atoms with E-state index in [1.165, 1.54) is 6.33 Å². The quantitative estimate of drug-likeness (QED) is 0.676. The molecule has 3 rings (SSSR count). The molecule has 7 nitrogen and oxygen atoms in total. The number of carbonyl (C=O) groups excluding carboxylic acids is 1. The Morgan fingerprint density at radius 2 is 2.41 bits per heavy atom. The van der Waals surface area contributed by atoms with E-state index in [0.717, 1.165) is 5.52 Å². The Morgan fingerprint density at radius 3 is 3.24 bits per heavy atom. The van der Waals surface area contributed by atoms with E-state index in [0.29, 0.717) is 11.5 Å². The Kier molecular flexibility index (Phi) is 2.08. The zero-order valence-electron chi connectivity index (χ0n) is 8.66. The van der Waals surface area contributed by atoms with Crippen molar-refractivity contribution in [3.05, 3.63) is 42.7 Å². The van der Waals surface area contributed by atoms with Gasteiger partial charge in [0.2, 0.25) is 5.95 Å². The van der Waals surface area contributed by atoms with Crippen LogP contribution in [0.25, 0.3) is 5.52 Å². The molecule has 0 aromatic carbocycles. The maximum absolute atomic E-state index is 11.8. The van der Waals surface area contributed by atoms with Crippen LogP contribution < -0.4 is 5.32 Å². The largest absolute Gasteiger partial charge is 0.306 e. The molecule has 0 unspecified atom stereocenters. The number of carbonyl (C=O) groups is 1. The van der Waals surface area contributed by atoms with Gasteiger partial charge in [-0.05, 0) is 12.1 Å². The fraction of sp³-hybridized carbons (Fsp3) is 0. The number of aromatic nitrogens is 5. The number of rotatable bonds is 2. The molecular formula is C10H8N6O. The lowest BCUT2D eigenvalue weighted by molar-refractivity contribution is 0.102. The van der Waals surface area contributed by atoms with E-state index in [-0.39, 0.29) is 5.91 Å². The van der Waals surface area contributed by atoms with Crippen molar-refractivity contribution >= 4 is 17.4 Å². The highest BCUT2D eigenvalue weighted by molar-refractivity contribution is 6.03. The first-order chi connectivity index (χ1) is 8.33. The SMILES string of the molecule is O=C(Nc1ncn[nH]1)c1ccn2cncc2c1. The van der Waals surface area contributed by atoms with Crippen molar-refractivity contribution in [3.8, 4) is 0 Å². The monoisotopic (exact) mass is 228 g/mol. The van der Waals surface area contributed by atoms with Crippen LogP contribution in [0.5, 0.6) is 0 Å². The zero-order chi connectivity index (χ0) is 11.7. The molecule has 84 valence electrons. The van der Waals surface area contributed by atoms with Gasteiger partial charge in [0.25, 0.3) is 5.91 Å². The lowest BCUT2D eigenvalue weighted by Gasteiger charge is -2.02. The molecule has 0 atom stereocenters. The number of aromatic amines is 1. The number of fused-ring (bicyclic) bond motifs is 1. The van der Waals surface area contributed by atoms with Gasteiger partial charge in [0.1, 0.15) is 6.33 Å². The van der Waals surface area contributed by atoms with E-state index in [9.17, 15) is 4.79 Å². The molecule has 0 aliphatic heterocycles. The lowest BCUT2D eigenvalue weighted by atomic mass is 10.2. The third kappa shape index (κ3) is 1.73. The lowest BCUT2D eigenvalue weighted by Crippen LogP contribution is -2.13. The Labute approximate surface area is 95.5 Å². The third-order valence-electron chi connectivity index (χ3n) is 2.32. The highest BCUT2D eigenvalue weighted by Crippen LogP contribution is 2.08. The fourth-order valence-electron chi connectivity index (χ4n) is 1.51. The van der Waals surface area contributed by atoms with Crippen LogP contribution >= 0.6 is 0 Å². The molecule has 0 fully saturated rings. The number of H-pyrrole nitrogens is 1. The minimum Gasteiger partial charge on any atom is -0.306 e. The average molecular weight is 228 g/mol. The van der Waals surface area contributed by atoms with Crippen LogP contribution in [0, 0.1) is 0 Å². The summed E-state index contributed by atoms with van der Waals surface area (Å²) < 4.78 is 1.82. The van der Waals surface area contributed by atoms with Crippen molar-refractivity contribution in [1.82, 2.24) is 24.6 Å². The topological polar surface area (TPSA) is 88.0 Å². The van der Waals surface area contributed by atoms with Crippen LogP contribution in [0.4, 0.5) is 5.95 Å². The Morgan fingerprint density at radius 1 is 1.47 bits per heavy atom. The fourth-order valence-corrected chi connectivity index (χ4v) is 1.51. The number of hydrogen-bond donors (Lipinski definition) is 2. The van der Waals surface area contributed by atoms with Gasteiger partial charge in [0, 0.05) is 11.8 Å². The van der Waals surface area contributed by atoms with Gasteiger partial charge in [-0.2, -0.15) is 10.1 Å². The molecule has 0 aliphatic rings. The van der Waals surface area contributed by atoms with Crippen molar-refractivity contribution in [2.75, 3.05) is 5.32 Å². The Hall–Kier alpha value is -2.70. The van der Waals surface area contributed by atoms with Crippen molar-refractivity contribution in [2.45, 2.75) is 0 Å². The minimum absolute atomic E-state index is 0.245. The summed E-state index contributed by atoms with van der Waals surface area (Å²) in [5.41, 5.74) is 1.39. The summed E-state index contributed by atoms with van der Waals surface area (Å²) in [6, 6.07) is 3.46. The van der Waals surface area contributed by atoms with E-state index < -0.39 is 0 Å². The molecule has 0 aliphatic carbocycles. The third-order valence-corrected chi connectivity index (χ3v) is 2.32. The average Bonchev–Trinajstić information content (AvgIpc) is 2.97. The van der Waals surface area contributed by atoms with Gasteiger partial charge < -0.3 is 4.40 Å². The molecule has 0 bridgehead atoms. The number of nitrogens with zero attached hydrogens (tertiary/aromatic N) is 4. The van der Waals surface area contributed by atoms with E-state index >= 15 is 0 Å². The summed E-state index contributed by atoms with van der Waals surface area (Å²) in [4.78, 5) is 19.6. The molecule has 17 heavy (non-hydrogen) atoms. The smallest absolute Gasteiger partial charge is 0.258 e. The first-order valence-corrected chi connectivity index (χ1v) is 4.91. The van der Waals surface area contributed by atoms with E-state index in [4.69, 9.17) is 0 Å². The molecule has 0 saturated carbocycles. The first kappa shape index (κ1) is 9.52. The van der Waals surface area contributed by atoms with Gasteiger partial charge >= 0.3 is 0 Å². The summed E-state index contributed by atoms with van der Waals surface area (Å²) >= 11 is 0. The molecule has 0 saturated heterocycles. The maximum atomic E-state index is 11.8. The van der Waals surface area contributed by atoms with E-state index in [2.05, 4.69) is 25.5 Å². The predicted octanol–water partition coefficient (Wildman–Crippen LogP) is 0.705. The summed E-state index contributed by atoms with van der Waals surface area (Å²) in [6.07, 6.45) is 6.46. The molecule has 3 aromatic rings. The number of pyridine rings is 1. The van der Waals surface area contributed by atoms with E-state index in [1.54, 1.807) is 30.9 Å². The van der Waals surface area contributed by atoms with Gasteiger partial charge in [0.15, 0.2) is 0 Å². The van der Waals surface area contributed by atoms with Crippen LogP contribution in [0.1, 0.15) is 10.4 Å². The Bertz CT molecular complexity index is 656. The summed E-state index contributed by atoms with van der Waals surface area (Å²) in [5.74, 6) is 0.0776. The second kappa shape index (κ2) is 3.71. The molecule has 7 heteroatoms. The summed E-state index contributed by atoms with van der Waals surface area (Å²) in [5, 5.41) is 8.80. The summed E-state index contributed by atoms with van der Waals surface area (Å²) in [6.45, 7) is 0. The number of imidazole rings is 1. The normalized spacial score (nSPS) is 10.6. The van der Waals surface area contributed by atoms with Crippen molar-refractivity contribution in [1.29, 1.82) is 0 Å². The molecule has 3 heterocycles. The number of hydrogen-bond acceptors (Lipinski definition) is 4. The van der Waals surface area contributed by atoms with Gasteiger partial charge in [-0.1, -0.05) is 0 Å². The molecule has 1 amide bonds. The molecule has 3 aromatic heterocycles. The van der Waals surface area contributed by atoms with Crippen LogP contribution in [0.2, 0.25) is 0 Å². The standard InChI is InChI=1S/C10H8N6O/c17-9(14-10-12-5-13-15-10)7-1-2-16-6-11-4-8(16)3-7/h1-6H,(H2,12,13,14,15,17). The number of anilines is 1. The van der Waals surface area contributed by atoms with Gasteiger partial charge in [0.05, 0.1) is 18.0 Å². The maximum Gasteiger partial charge on any atom is 0.258 e. The second-order valence-electron chi connectivity index (χ2n) is 3.43. The van der Waals surface area contributed by atoms with Crippen LogP contribution in [0.15, 0.2) is 37.2 Å². The van der Waals surface area contributed by atoms with Crippen molar-refractivity contribution in [3.63, 3.8) is 0 Å². The number of amides is 1. The predicted molar refractivity (Wildman–Crippen MR) is 59.5 cm³/mol. The minimum atomic E-state index is -0.245. The second-order valence-corrected chi connectivity index (χ2v) is 3.43. The van der Waals surface area contributed by atoms with Crippen LogP contribution in [-0.2, 0) is 0 Å². The highest BCUT2D eigenvalue weighted by Gasteiger charge is 2.08. The number of nitrogens with one attached hydrogen (secondary N) is 2. The van der Waals surface area contributed by atoms with Gasteiger partial charge in [-0.3, -0.25) is 10.1 Å². The molecule has 0 spiro atoms. The van der Waals surface area contributed by atoms with Crippen molar-refractivity contribution in [2.24, 2.45) is 0 Å².